The van der Waals surface area contributed by atoms with Gasteiger partial charge in [-0.25, -0.2) is 0 Å². The maximum atomic E-state index is 5.41. The van der Waals surface area contributed by atoms with Gasteiger partial charge in [0, 0.05) is 19.3 Å². The summed E-state index contributed by atoms with van der Waals surface area (Å²) in [6, 6.07) is 0.626. The maximum Gasteiger partial charge on any atom is 0.0468 e. The molecular weight excluding hydrogens is 222 g/mol. The molecular formula is C16H33NO. The second-order valence-electron chi connectivity index (χ2n) is 6.18. The fourth-order valence-electron chi connectivity index (χ4n) is 2.75. The Morgan fingerprint density at radius 3 is 2.50 bits per heavy atom. The molecule has 1 aliphatic rings. The summed E-state index contributed by atoms with van der Waals surface area (Å²) in [5.41, 5.74) is 0. The van der Waals surface area contributed by atoms with Crippen molar-refractivity contribution in [2.75, 3.05) is 19.8 Å². The Kier molecular flexibility index (Phi) is 8.70. The van der Waals surface area contributed by atoms with E-state index in [1.807, 2.05) is 0 Å². The van der Waals surface area contributed by atoms with E-state index < -0.39 is 0 Å². The first kappa shape index (κ1) is 16.0. The van der Waals surface area contributed by atoms with Crippen LogP contribution in [0.15, 0.2) is 0 Å². The van der Waals surface area contributed by atoms with Crippen LogP contribution < -0.4 is 5.32 Å². The molecule has 0 aliphatic carbocycles. The molecule has 2 heteroatoms. The number of rotatable bonds is 9. The van der Waals surface area contributed by atoms with Crippen molar-refractivity contribution < 1.29 is 4.74 Å². The third kappa shape index (κ3) is 7.38. The summed E-state index contributed by atoms with van der Waals surface area (Å²) in [5.74, 6) is 1.83. The van der Waals surface area contributed by atoms with E-state index in [1.165, 1.54) is 51.5 Å². The van der Waals surface area contributed by atoms with Gasteiger partial charge in [0.25, 0.3) is 0 Å². The summed E-state index contributed by atoms with van der Waals surface area (Å²) in [4.78, 5) is 0. The zero-order valence-electron chi connectivity index (χ0n) is 12.7. The molecule has 1 atom stereocenters. The first-order valence-electron chi connectivity index (χ1n) is 8.03. The van der Waals surface area contributed by atoms with Crippen LogP contribution in [0.4, 0.5) is 0 Å². The Morgan fingerprint density at radius 1 is 1.17 bits per heavy atom. The van der Waals surface area contributed by atoms with Gasteiger partial charge in [0.2, 0.25) is 0 Å². The lowest BCUT2D eigenvalue weighted by molar-refractivity contribution is 0.0630. The molecule has 0 radical (unpaired) electrons. The molecule has 1 heterocycles. The van der Waals surface area contributed by atoms with Crippen LogP contribution in [0.2, 0.25) is 0 Å². The molecule has 18 heavy (non-hydrogen) atoms. The molecule has 1 aliphatic heterocycles. The predicted octanol–water partition coefficient (Wildman–Crippen LogP) is 4.00. The number of ether oxygens (including phenoxy) is 1. The maximum absolute atomic E-state index is 5.41. The van der Waals surface area contributed by atoms with Crippen LogP contribution in [0.3, 0.4) is 0 Å². The minimum absolute atomic E-state index is 0.626. The molecule has 0 aromatic rings. The largest absolute Gasteiger partial charge is 0.381 e. The lowest BCUT2D eigenvalue weighted by Gasteiger charge is -2.22. The van der Waals surface area contributed by atoms with Gasteiger partial charge in [-0.05, 0) is 37.6 Å². The highest BCUT2D eigenvalue weighted by Gasteiger charge is 2.13. The van der Waals surface area contributed by atoms with Crippen molar-refractivity contribution in [1.29, 1.82) is 0 Å². The van der Waals surface area contributed by atoms with Gasteiger partial charge in [-0.1, -0.05) is 46.5 Å². The van der Waals surface area contributed by atoms with Crippen molar-refractivity contribution >= 4 is 0 Å². The fraction of sp³-hybridized carbons (Fsp3) is 1.00. The van der Waals surface area contributed by atoms with Gasteiger partial charge in [0.05, 0.1) is 0 Å². The fourth-order valence-corrected chi connectivity index (χ4v) is 2.75. The molecule has 1 N–H and O–H groups in total. The second kappa shape index (κ2) is 9.80. The molecule has 108 valence electrons. The highest BCUT2D eigenvalue weighted by atomic mass is 16.5. The summed E-state index contributed by atoms with van der Waals surface area (Å²) >= 11 is 0. The van der Waals surface area contributed by atoms with E-state index in [4.69, 9.17) is 4.74 Å². The van der Waals surface area contributed by atoms with Gasteiger partial charge in [-0.2, -0.15) is 0 Å². The Labute approximate surface area is 114 Å². The highest BCUT2D eigenvalue weighted by Crippen LogP contribution is 2.22. The minimum Gasteiger partial charge on any atom is -0.381 e. The SMILES string of the molecule is CCC(CCCCC1CCOCC1)CNC(C)C. The van der Waals surface area contributed by atoms with Crippen molar-refractivity contribution in [2.45, 2.75) is 71.8 Å². The van der Waals surface area contributed by atoms with E-state index >= 15 is 0 Å². The normalized spacial score (nSPS) is 19.3. The number of hydrogen-bond acceptors (Lipinski definition) is 2. The van der Waals surface area contributed by atoms with Crippen LogP contribution in [0.25, 0.3) is 0 Å². The summed E-state index contributed by atoms with van der Waals surface area (Å²) in [6.07, 6.45) is 9.57. The molecule has 0 saturated carbocycles. The highest BCUT2D eigenvalue weighted by molar-refractivity contribution is 4.66. The third-order valence-electron chi connectivity index (χ3n) is 4.21. The van der Waals surface area contributed by atoms with Crippen molar-refractivity contribution in [3.8, 4) is 0 Å². The molecule has 0 spiro atoms. The van der Waals surface area contributed by atoms with Gasteiger partial charge >= 0.3 is 0 Å². The van der Waals surface area contributed by atoms with Crippen LogP contribution in [0, 0.1) is 11.8 Å². The van der Waals surface area contributed by atoms with E-state index in [1.54, 1.807) is 0 Å². The van der Waals surface area contributed by atoms with Crippen LogP contribution in [-0.2, 0) is 4.74 Å². The number of unbranched alkanes of at least 4 members (excludes halogenated alkanes) is 1. The smallest absolute Gasteiger partial charge is 0.0468 e. The first-order chi connectivity index (χ1) is 8.72. The summed E-state index contributed by atoms with van der Waals surface area (Å²) < 4.78 is 5.41. The Hall–Kier alpha value is -0.0800. The zero-order valence-corrected chi connectivity index (χ0v) is 12.7. The van der Waals surface area contributed by atoms with Gasteiger partial charge in [0.1, 0.15) is 0 Å². The molecule has 1 saturated heterocycles. The average molecular weight is 255 g/mol. The summed E-state index contributed by atoms with van der Waals surface area (Å²) in [6.45, 7) is 9.99. The van der Waals surface area contributed by atoms with Crippen LogP contribution in [-0.4, -0.2) is 25.8 Å². The molecule has 1 fully saturated rings. The van der Waals surface area contributed by atoms with Gasteiger partial charge < -0.3 is 10.1 Å². The molecule has 2 nitrogen and oxygen atoms in total. The van der Waals surface area contributed by atoms with E-state index in [2.05, 4.69) is 26.1 Å². The standard InChI is InChI=1S/C16H33NO/c1-4-15(13-17-14(2)3)7-5-6-8-16-9-11-18-12-10-16/h14-17H,4-13H2,1-3H3. The van der Waals surface area contributed by atoms with E-state index in [9.17, 15) is 0 Å². The van der Waals surface area contributed by atoms with E-state index in [-0.39, 0.29) is 0 Å². The molecule has 1 unspecified atom stereocenters. The third-order valence-corrected chi connectivity index (χ3v) is 4.21. The van der Waals surface area contributed by atoms with Gasteiger partial charge in [-0.3, -0.25) is 0 Å². The Balaban J connectivity index is 2.00. The van der Waals surface area contributed by atoms with Crippen LogP contribution in [0.5, 0.6) is 0 Å². The molecule has 0 aromatic heterocycles. The van der Waals surface area contributed by atoms with Crippen LogP contribution in [0.1, 0.15) is 65.7 Å². The van der Waals surface area contributed by atoms with E-state index in [0.717, 1.165) is 25.0 Å². The summed E-state index contributed by atoms with van der Waals surface area (Å²) in [5, 5.41) is 3.57. The van der Waals surface area contributed by atoms with Crippen LogP contribution >= 0.6 is 0 Å². The Bertz CT molecular complexity index is 188. The molecule has 0 bridgehead atoms. The molecule has 1 rings (SSSR count). The Morgan fingerprint density at radius 2 is 1.89 bits per heavy atom. The number of nitrogens with one attached hydrogen (secondary N) is 1. The van der Waals surface area contributed by atoms with E-state index in [0.29, 0.717) is 6.04 Å². The molecule has 0 aromatic carbocycles. The number of hydrogen-bond donors (Lipinski definition) is 1. The monoisotopic (exact) mass is 255 g/mol. The topological polar surface area (TPSA) is 21.3 Å². The zero-order chi connectivity index (χ0) is 13.2. The van der Waals surface area contributed by atoms with Crippen molar-refractivity contribution in [1.82, 2.24) is 5.32 Å². The predicted molar refractivity (Wildman–Crippen MR) is 78.9 cm³/mol. The quantitative estimate of drug-likeness (QED) is 0.629. The average Bonchev–Trinajstić information content (AvgIpc) is 2.39. The lowest BCUT2D eigenvalue weighted by atomic mass is 9.91. The minimum atomic E-state index is 0.626. The lowest BCUT2D eigenvalue weighted by Crippen LogP contribution is -2.28. The summed E-state index contributed by atoms with van der Waals surface area (Å²) in [7, 11) is 0. The van der Waals surface area contributed by atoms with Gasteiger partial charge in [0.15, 0.2) is 0 Å². The van der Waals surface area contributed by atoms with Gasteiger partial charge in [-0.15, -0.1) is 0 Å². The van der Waals surface area contributed by atoms with Crippen molar-refractivity contribution in [3.63, 3.8) is 0 Å². The second-order valence-corrected chi connectivity index (χ2v) is 6.18. The van der Waals surface area contributed by atoms with Crippen molar-refractivity contribution in [3.05, 3.63) is 0 Å². The first-order valence-corrected chi connectivity index (χ1v) is 8.03. The van der Waals surface area contributed by atoms with Crippen molar-refractivity contribution in [2.24, 2.45) is 11.8 Å². The molecule has 0 amide bonds.